The highest BCUT2D eigenvalue weighted by Crippen LogP contribution is 2.11. The van der Waals surface area contributed by atoms with Crippen molar-refractivity contribution in [2.24, 2.45) is 0 Å². The molecule has 7 nitrogen and oxygen atoms in total. The number of hydrogen-bond acceptors (Lipinski definition) is 5. The van der Waals surface area contributed by atoms with E-state index in [4.69, 9.17) is 10.00 Å². The van der Waals surface area contributed by atoms with E-state index in [0.717, 1.165) is 0 Å². The van der Waals surface area contributed by atoms with E-state index in [1.165, 1.54) is 0 Å². The van der Waals surface area contributed by atoms with Gasteiger partial charge in [0.15, 0.2) is 0 Å². The van der Waals surface area contributed by atoms with Crippen molar-refractivity contribution in [3.63, 3.8) is 0 Å². The van der Waals surface area contributed by atoms with Crippen LogP contribution in [0.25, 0.3) is 0 Å². The zero-order valence-electron chi connectivity index (χ0n) is 12.3. The second-order valence-electron chi connectivity index (χ2n) is 4.86. The molecule has 2 amide bonds. The van der Waals surface area contributed by atoms with Crippen molar-refractivity contribution in [2.75, 3.05) is 19.7 Å². The third kappa shape index (κ3) is 6.25. The van der Waals surface area contributed by atoms with E-state index in [1.807, 2.05) is 6.07 Å². The molecule has 0 aromatic rings. The largest absolute Gasteiger partial charge is 0.466 e. The number of nitrogens with zero attached hydrogens (tertiary/aromatic N) is 2. The second-order valence-corrected chi connectivity index (χ2v) is 4.86. The first-order chi connectivity index (χ1) is 10.1. The number of carbonyl (C=O) groups excluding carboxylic acids is 3. The van der Waals surface area contributed by atoms with Crippen LogP contribution in [-0.4, -0.2) is 48.4 Å². The van der Waals surface area contributed by atoms with E-state index in [0.29, 0.717) is 32.5 Å². The molecule has 1 heterocycles. The number of amides is 2. The molecule has 1 aliphatic heterocycles. The highest BCUT2D eigenvalue weighted by Gasteiger charge is 2.23. The Balaban J connectivity index is 2.23. The monoisotopic (exact) mass is 295 g/mol. The Morgan fingerprint density at radius 3 is 2.52 bits per heavy atom. The van der Waals surface area contributed by atoms with E-state index in [9.17, 15) is 14.4 Å². The number of nitrogens with one attached hydrogen (secondary N) is 1. The van der Waals surface area contributed by atoms with Gasteiger partial charge in [-0.25, -0.2) is 0 Å². The predicted octanol–water partition coefficient (Wildman–Crippen LogP) is 0.351. The van der Waals surface area contributed by atoms with Crippen LogP contribution in [0.2, 0.25) is 0 Å². The summed E-state index contributed by atoms with van der Waals surface area (Å²) in [6.07, 6.45) is 1.44. The lowest BCUT2D eigenvalue weighted by Crippen LogP contribution is -2.46. The molecule has 21 heavy (non-hydrogen) atoms. The fourth-order valence-corrected chi connectivity index (χ4v) is 2.20. The van der Waals surface area contributed by atoms with Crippen molar-refractivity contribution >= 4 is 17.8 Å². The number of nitriles is 1. The number of ether oxygens (including phenoxy) is 1. The summed E-state index contributed by atoms with van der Waals surface area (Å²) in [6.45, 7) is 3.13. The number of carbonyl (C=O) groups is 3. The second kappa shape index (κ2) is 8.95. The van der Waals surface area contributed by atoms with E-state index in [2.05, 4.69) is 5.32 Å². The summed E-state index contributed by atoms with van der Waals surface area (Å²) in [5, 5.41) is 11.3. The van der Waals surface area contributed by atoms with Gasteiger partial charge in [-0.2, -0.15) is 5.26 Å². The summed E-state index contributed by atoms with van der Waals surface area (Å²) in [6, 6.07) is 1.86. The maximum atomic E-state index is 11.7. The minimum atomic E-state index is -0.371. The van der Waals surface area contributed by atoms with Crippen molar-refractivity contribution in [3.05, 3.63) is 0 Å². The van der Waals surface area contributed by atoms with Gasteiger partial charge >= 0.3 is 5.97 Å². The van der Waals surface area contributed by atoms with Crippen LogP contribution in [0.5, 0.6) is 0 Å². The van der Waals surface area contributed by atoms with Gasteiger partial charge in [-0.3, -0.25) is 14.4 Å². The quantitative estimate of drug-likeness (QED) is 0.713. The first-order valence-electron chi connectivity index (χ1n) is 7.16. The summed E-state index contributed by atoms with van der Waals surface area (Å²) >= 11 is 0. The van der Waals surface area contributed by atoms with E-state index >= 15 is 0 Å². The maximum absolute atomic E-state index is 11.7. The predicted molar refractivity (Wildman–Crippen MR) is 73.8 cm³/mol. The summed E-state index contributed by atoms with van der Waals surface area (Å²) in [5.41, 5.74) is 0. The molecule has 1 saturated heterocycles. The van der Waals surface area contributed by atoms with Crippen LogP contribution in [-0.2, 0) is 19.1 Å². The number of rotatable bonds is 6. The summed E-state index contributed by atoms with van der Waals surface area (Å²) in [7, 11) is 0. The Bertz CT molecular complexity index is 422. The topological polar surface area (TPSA) is 99.5 Å². The Labute approximate surface area is 124 Å². The smallest absolute Gasteiger partial charge is 0.306 e. The number of likely N-dealkylation sites (tertiary alicyclic amines) is 1. The maximum Gasteiger partial charge on any atom is 0.306 e. The minimum Gasteiger partial charge on any atom is -0.466 e. The van der Waals surface area contributed by atoms with Crippen molar-refractivity contribution in [3.8, 4) is 6.07 Å². The van der Waals surface area contributed by atoms with Gasteiger partial charge in [-0.05, 0) is 19.8 Å². The lowest BCUT2D eigenvalue weighted by molar-refractivity contribution is -0.144. The standard InChI is InChI=1S/C14H21N3O4/c1-2-21-14(20)4-3-12(18)16-11-6-9-17(10-7-11)13(19)5-8-15/h11H,2-7,9-10H2,1H3,(H,16,18). The molecule has 0 radical (unpaired) electrons. The molecule has 7 heteroatoms. The normalized spacial score (nSPS) is 15.1. The van der Waals surface area contributed by atoms with E-state index in [-0.39, 0.29) is 43.1 Å². The fraction of sp³-hybridized carbons (Fsp3) is 0.714. The molecule has 1 rings (SSSR count). The summed E-state index contributed by atoms with van der Waals surface area (Å²) in [5.74, 6) is -0.709. The van der Waals surface area contributed by atoms with Crippen LogP contribution >= 0.6 is 0 Å². The number of esters is 1. The van der Waals surface area contributed by atoms with Crippen LogP contribution in [0.15, 0.2) is 0 Å². The SMILES string of the molecule is CCOC(=O)CCC(=O)NC1CCN(C(=O)CC#N)CC1. The third-order valence-electron chi connectivity index (χ3n) is 3.30. The van der Waals surface area contributed by atoms with Crippen LogP contribution in [0.3, 0.4) is 0 Å². The molecule has 0 aliphatic carbocycles. The molecule has 0 aromatic carbocycles. The molecule has 0 unspecified atom stereocenters. The van der Waals surface area contributed by atoms with Crippen LogP contribution in [0.4, 0.5) is 0 Å². The van der Waals surface area contributed by atoms with Crippen LogP contribution < -0.4 is 5.32 Å². The van der Waals surface area contributed by atoms with E-state index in [1.54, 1.807) is 11.8 Å². The molecule has 0 aromatic heterocycles. The van der Waals surface area contributed by atoms with Gasteiger partial charge < -0.3 is 15.0 Å². The minimum absolute atomic E-state index is 0.0193. The zero-order chi connectivity index (χ0) is 15.7. The molecule has 0 bridgehead atoms. The Morgan fingerprint density at radius 2 is 1.95 bits per heavy atom. The van der Waals surface area contributed by atoms with Crippen molar-refractivity contribution in [1.82, 2.24) is 10.2 Å². The fourth-order valence-electron chi connectivity index (χ4n) is 2.20. The Kier molecular flexibility index (Phi) is 7.23. The molecule has 0 saturated carbocycles. The molecule has 1 aliphatic rings. The molecule has 0 spiro atoms. The summed E-state index contributed by atoms with van der Waals surface area (Å²) in [4.78, 5) is 36.0. The number of hydrogen-bond donors (Lipinski definition) is 1. The molecular formula is C14H21N3O4. The molecule has 1 N–H and O–H groups in total. The highest BCUT2D eigenvalue weighted by molar-refractivity contribution is 5.81. The molecular weight excluding hydrogens is 274 g/mol. The average Bonchev–Trinajstić information content (AvgIpc) is 2.46. The van der Waals surface area contributed by atoms with E-state index < -0.39 is 0 Å². The zero-order valence-corrected chi connectivity index (χ0v) is 12.3. The van der Waals surface area contributed by atoms with Crippen molar-refractivity contribution in [2.45, 2.75) is 45.1 Å². The van der Waals surface area contributed by atoms with Gasteiger partial charge in [-0.15, -0.1) is 0 Å². The van der Waals surface area contributed by atoms with Crippen LogP contribution in [0, 0.1) is 11.3 Å². The molecule has 1 fully saturated rings. The van der Waals surface area contributed by atoms with Gasteiger partial charge in [0, 0.05) is 25.6 Å². The average molecular weight is 295 g/mol. The first kappa shape index (κ1) is 17.0. The Morgan fingerprint density at radius 1 is 1.29 bits per heavy atom. The van der Waals surface area contributed by atoms with Gasteiger partial charge in [0.1, 0.15) is 6.42 Å². The highest BCUT2D eigenvalue weighted by atomic mass is 16.5. The number of piperidine rings is 1. The molecule has 0 atom stereocenters. The van der Waals surface area contributed by atoms with Gasteiger partial charge in [0.05, 0.1) is 19.1 Å². The summed E-state index contributed by atoms with van der Waals surface area (Å²) < 4.78 is 4.76. The first-order valence-corrected chi connectivity index (χ1v) is 7.16. The lowest BCUT2D eigenvalue weighted by atomic mass is 10.0. The van der Waals surface area contributed by atoms with Gasteiger partial charge in [-0.1, -0.05) is 0 Å². The van der Waals surface area contributed by atoms with Gasteiger partial charge in [0.25, 0.3) is 0 Å². The molecule has 116 valence electrons. The van der Waals surface area contributed by atoms with Crippen LogP contribution in [0.1, 0.15) is 39.0 Å². The van der Waals surface area contributed by atoms with Crippen molar-refractivity contribution < 1.29 is 19.1 Å². The Hall–Kier alpha value is -2.10. The van der Waals surface area contributed by atoms with Gasteiger partial charge in [0.2, 0.25) is 11.8 Å². The van der Waals surface area contributed by atoms with Crippen molar-refractivity contribution in [1.29, 1.82) is 5.26 Å². The lowest BCUT2D eigenvalue weighted by Gasteiger charge is -2.32. The third-order valence-corrected chi connectivity index (χ3v) is 3.30.